The van der Waals surface area contributed by atoms with Gasteiger partial charge in [-0.25, -0.2) is 0 Å². The topological polar surface area (TPSA) is 149 Å². The van der Waals surface area contributed by atoms with Gasteiger partial charge < -0.3 is 40.3 Å². The molecule has 7 unspecified atom stereocenters. The lowest BCUT2D eigenvalue weighted by Gasteiger charge is -2.40. The molecule has 7 atom stereocenters. The number of unbranched alkanes of at least 4 members (excludes halogenated alkanes) is 16. The van der Waals surface area contributed by atoms with Crippen molar-refractivity contribution in [3.05, 3.63) is 48.6 Å². The first-order valence-corrected chi connectivity index (χ1v) is 19.8. The van der Waals surface area contributed by atoms with Crippen LogP contribution >= 0.6 is 0 Å². The molecule has 1 saturated heterocycles. The third-order valence-corrected chi connectivity index (χ3v) is 9.20. The van der Waals surface area contributed by atoms with E-state index in [9.17, 15) is 30.3 Å². The third-order valence-electron chi connectivity index (χ3n) is 9.20. The van der Waals surface area contributed by atoms with Gasteiger partial charge in [0.05, 0.1) is 25.4 Å². The predicted molar refractivity (Wildman–Crippen MR) is 203 cm³/mol. The first-order valence-electron chi connectivity index (χ1n) is 19.8. The largest absolute Gasteiger partial charge is 0.394 e. The normalized spacial score (nSPS) is 22.7. The molecule has 0 aromatic rings. The summed E-state index contributed by atoms with van der Waals surface area (Å²) < 4.78 is 11.1. The number of nitrogens with one attached hydrogen (secondary N) is 1. The molecule has 1 heterocycles. The van der Waals surface area contributed by atoms with Gasteiger partial charge in [0.25, 0.3) is 0 Å². The standard InChI is InChI=1S/C41H73NO8/c1-3-5-7-9-11-13-14-15-16-17-18-19-20-21-23-25-27-29-31-37(45)42-34(35(44)30-28-26-24-22-12-10-8-6-4-2)33-49-41-40(48)39(47)38(46)36(32-43)50-41/h4,6,12,16-17,22,28,30,34-36,38-41,43-44,46-48H,3,5,7-11,13-15,18-21,23-27,29,31-33H2,1-2H3,(H,42,45)/b6-4+,17-16-,22-12+,30-28+. The molecular weight excluding hydrogens is 634 g/mol. The van der Waals surface area contributed by atoms with Gasteiger partial charge in [-0.3, -0.25) is 4.79 Å². The van der Waals surface area contributed by atoms with Crippen LogP contribution < -0.4 is 5.32 Å². The average molecular weight is 708 g/mol. The van der Waals surface area contributed by atoms with Gasteiger partial charge in [-0.1, -0.05) is 126 Å². The highest BCUT2D eigenvalue weighted by Gasteiger charge is 2.44. The van der Waals surface area contributed by atoms with Crippen LogP contribution in [0.15, 0.2) is 48.6 Å². The average Bonchev–Trinajstić information content (AvgIpc) is 3.11. The Morgan fingerprint density at radius 1 is 0.700 bits per heavy atom. The van der Waals surface area contributed by atoms with Gasteiger partial charge in [0.2, 0.25) is 5.91 Å². The van der Waals surface area contributed by atoms with E-state index in [1.807, 2.05) is 19.1 Å². The van der Waals surface area contributed by atoms with Gasteiger partial charge in [0.15, 0.2) is 6.29 Å². The minimum atomic E-state index is -1.57. The molecule has 1 aliphatic heterocycles. The molecule has 1 fully saturated rings. The van der Waals surface area contributed by atoms with Crippen LogP contribution in [0.3, 0.4) is 0 Å². The second-order valence-electron chi connectivity index (χ2n) is 13.7. The SMILES string of the molecule is C/C=C/CC/C=C/CC/C=C/C(O)C(COC1OC(CO)C(O)C(O)C1O)NC(=O)CCCCCCCCC/C=C\CCCCCCCCC. The second-order valence-corrected chi connectivity index (χ2v) is 13.7. The van der Waals surface area contributed by atoms with E-state index >= 15 is 0 Å². The van der Waals surface area contributed by atoms with Crippen LogP contribution in [0.2, 0.25) is 0 Å². The highest BCUT2D eigenvalue weighted by atomic mass is 16.7. The third kappa shape index (κ3) is 22.9. The second kappa shape index (κ2) is 31.9. The molecule has 6 N–H and O–H groups in total. The van der Waals surface area contributed by atoms with Crippen molar-refractivity contribution in [2.45, 2.75) is 192 Å². The van der Waals surface area contributed by atoms with E-state index in [-0.39, 0.29) is 12.5 Å². The van der Waals surface area contributed by atoms with Crippen LogP contribution in [0.25, 0.3) is 0 Å². The van der Waals surface area contributed by atoms with Crippen molar-refractivity contribution in [1.82, 2.24) is 5.32 Å². The molecular formula is C41H73NO8. The van der Waals surface area contributed by atoms with Crippen LogP contribution in [0.5, 0.6) is 0 Å². The quantitative estimate of drug-likeness (QED) is 0.0330. The number of carbonyl (C=O) groups is 1. The molecule has 0 aromatic carbocycles. The Bertz CT molecular complexity index is 920. The summed E-state index contributed by atoms with van der Waals surface area (Å²) in [6.07, 6.45) is 31.8. The zero-order valence-electron chi connectivity index (χ0n) is 31.4. The zero-order valence-corrected chi connectivity index (χ0v) is 31.4. The van der Waals surface area contributed by atoms with Crippen LogP contribution in [0, 0.1) is 0 Å². The highest BCUT2D eigenvalue weighted by Crippen LogP contribution is 2.22. The number of carbonyl (C=O) groups excluding carboxylic acids is 1. The molecule has 50 heavy (non-hydrogen) atoms. The van der Waals surface area contributed by atoms with Gasteiger partial charge in [-0.15, -0.1) is 0 Å². The summed E-state index contributed by atoms with van der Waals surface area (Å²) >= 11 is 0. The van der Waals surface area contributed by atoms with Gasteiger partial charge >= 0.3 is 0 Å². The maximum atomic E-state index is 12.9. The van der Waals surface area contributed by atoms with Crippen molar-refractivity contribution in [1.29, 1.82) is 0 Å². The van der Waals surface area contributed by atoms with E-state index in [1.165, 1.54) is 70.6 Å². The molecule has 0 spiro atoms. The summed E-state index contributed by atoms with van der Waals surface area (Å²) in [5, 5.41) is 53.8. The first kappa shape index (κ1) is 46.2. The Balaban J connectivity index is 2.38. The molecule has 290 valence electrons. The lowest BCUT2D eigenvalue weighted by Crippen LogP contribution is -2.60. The van der Waals surface area contributed by atoms with Crippen LogP contribution in [-0.4, -0.2) is 87.5 Å². The van der Waals surface area contributed by atoms with Crippen molar-refractivity contribution in [2.24, 2.45) is 0 Å². The maximum absolute atomic E-state index is 12.9. The summed E-state index contributed by atoms with van der Waals surface area (Å²) in [6, 6.07) is -0.827. The predicted octanol–water partition coefficient (Wildman–Crippen LogP) is 7.11. The van der Waals surface area contributed by atoms with Gasteiger partial charge in [0.1, 0.15) is 24.4 Å². The number of aliphatic hydroxyl groups is 5. The summed E-state index contributed by atoms with van der Waals surface area (Å²) in [5.41, 5.74) is 0. The van der Waals surface area contributed by atoms with E-state index in [1.54, 1.807) is 6.08 Å². The maximum Gasteiger partial charge on any atom is 0.220 e. The van der Waals surface area contributed by atoms with Crippen molar-refractivity contribution < 1.29 is 39.8 Å². The summed E-state index contributed by atoms with van der Waals surface area (Å²) in [7, 11) is 0. The Labute approximate surface area is 303 Å². The minimum absolute atomic E-state index is 0.202. The van der Waals surface area contributed by atoms with Gasteiger partial charge in [0, 0.05) is 6.42 Å². The molecule has 9 nitrogen and oxygen atoms in total. The summed E-state index contributed by atoms with van der Waals surface area (Å²) in [6.45, 7) is 3.48. The summed E-state index contributed by atoms with van der Waals surface area (Å²) in [4.78, 5) is 12.9. The minimum Gasteiger partial charge on any atom is -0.394 e. The van der Waals surface area contributed by atoms with E-state index in [2.05, 4.69) is 42.6 Å². The Kier molecular flexibility index (Phi) is 29.4. The molecule has 9 heteroatoms. The monoisotopic (exact) mass is 708 g/mol. The van der Waals surface area contributed by atoms with E-state index in [0.717, 1.165) is 57.8 Å². The highest BCUT2D eigenvalue weighted by molar-refractivity contribution is 5.76. The molecule has 1 rings (SSSR count). The fourth-order valence-electron chi connectivity index (χ4n) is 5.95. The number of rotatable bonds is 31. The Hall–Kier alpha value is -1.85. The number of allylic oxidation sites excluding steroid dienone is 7. The van der Waals surface area contributed by atoms with E-state index in [4.69, 9.17) is 9.47 Å². The number of hydrogen-bond acceptors (Lipinski definition) is 8. The van der Waals surface area contributed by atoms with Crippen LogP contribution in [0.1, 0.15) is 149 Å². The van der Waals surface area contributed by atoms with Gasteiger partial charge in [-0.05, 0) is 64.7 Å². The molecule has 0 radical (unpaired) electrons. The smallest absolute Gasteiger partial charge is 0.220 e. The molecule has 0 aliphatic carbocycles. The molecule has 0 saturated carbocycles. The number of aliphatic hydroxyl groups excluding tert-OH is 5. The molecule has 1 aliphatic rings. The molecule has 0 aromatic heterocycles. The zero-order chi connectivity index (χ0) is 36.7. The first-order chi connectivity index (χ1) is 24.3. The van der Waals surface area contributed by atoms with Crippen molar-refractivity contribution in [3.63, 3.8) is 0 Å². The fourth-order valence-corrected chi connectivity index (χ4v) is 5.95. The lowest BCUT2D eigenvalue weighted by molar-refractivity contribution is -0.302. The molecule has 0 bridgehead atoms. The number of ether oxygens (including phenoxy) is 2. The Morgan fingerprint density at radius 2 is 1.22 bits per heavy atom. The van der Waals surface area contributed by atoms with Gasteiger partial charge in [-0.2, -0.15) is 0 Å². The lowest BCUT2D eigenvalue weighted by atomic mass is 9.99. The number of hydrogen-bond donors (Lipinski definition) is 6. The fraction of sp³-hybridized carbons (Fsp3) is 0.780. The van der Waals surface area contributed by atoms with Crippen LogP contribution in [-0.2, 0) is 14.3 Å². The van der Waals surface area contributed by atoms with Crippen LogP contribution in [0.4, 0.5) is 0 Å². The number of amides is 1. The van der Waals surface area contributed by atoms with Crippen molar-refractivity contribution in [3.8, 4) is 0 Å². The van der Waals surface area contributed by atoms with Crippen molar-refractivity contribution >= 4 is 5.91 Å². The van der Waals surface area contributed by atoms with E-state index < -0.39 is 49.5 Å². The van der Waals surface area contributed by atoms with Crippen molar-refractivity contribution in [2.75, 3.05) is 13.2 Å². The summed E-state index contributed by atoms with van der Waals surface area (Å²) in [5.74, 6) is -0.202. The van der Waals surface area contributed by atoms with E-state index in [0.29, 0.717) is 6.42 Å². The molecule has 1 amide bonds. The Morgan fingerprint density at radius 3 is 1.80 bits per heavy atom.